The summed E-state index contributed by atoms with van der Waals surface area (Å²) in [6, 6.07) is 5.01. The topological polar surface area (TPSA) is 38.3 Å². The van der Waals surface area contributed by atoms with Crippen molar-refractivity contribution in [1.29, 1.82) is 0 Å². The minimum absolute atomic E-state index is 0.105. The van der Waals surface area contributed by atoms with Crippen LogP contribution in [-0.4, -0.2) is 25.0 Å². The fourth-order valence-corrected chi connectivity index (χ4v) is 1.69. The van der Waals surface area contributed by atoms with Gasteiger partial charge in [0.25, 0.3) is 0 Å². The summed E-state index contributed by atoms with van der Waals surface area (Å²) in [5, 5.41) is 3.22. The number of hydrogen-bond donors (Lipinski definition) is 1. The van der Waals surface area contributed by atoms with Gasteiger partial charge in [0.05, 0.1) is 0 Å². The Balaban J connectivity index is 2.51. The molecule has 0 atom stereocenters. The molecule has 1 N–H and O–H groups in total. The predicted octanol–water partition coefficient (Wildman–Crippen LogP) is 2.72. The molecule has 0 aliphatic carbocycles. The lowest BCUT2D eigenvalue weighted by Crippen LogP contribution is -2.27. The first-order valence-electron chi connectivity index (χ1n) is 6.62. The molecule has 19 heavy (non-hydrogen) atoms. The van der Waals surface area contributed by atoms with Crippen molar-refractivity contribution < 1.29 is 13.9 Å². The van der Waals surface area contributed by atoms with Crippen LogP contribution in [0, 0.1) is 5.82 Å². The summed E-state index contributed by atoms with van der Waals surface area (Å²) in [5.74, 6) is 0.296. The second-order valence-corrected chi connectivity index (χ2v) is 4.95. The summed E-state index contributed by atoms with van der Waals surface area (Å²) in [6.45, 7) is 6.86. The molecule has 0 radical (unpaired) electrons. The van der Waals surface area contributed by atoms with Crippen LogP contribution in [0.3, 0.4) is 0 Å². The molecule has 0 bridgehead atoms. The minimum Gasteiger partial charge on any atom is -0.492 e. The van der Waals surface area contributed by atoms with Gasteiger partial charge < -0.3 is 14.8 Å². The zero-order chi connectivity index (χ0) is 14.3. The molecule has 0 saturated carbocycles. The van der Waals surface area contributed by atoms with Crippen molar-refractivity contribution in [2.45, 2.75) is 39.7 Å². The third-order valence-electron chi connectivity index (χ3n) is 2.62. The Bertz CT molecular complexity index is 419. The van der Waals surface area contributed by atoms with E-state index in [4.69, 9.17) is 4.74 Å². The van der Waals surface area contributed by atoms with E-state index < -0.39 is 0 Å². The second-order valence-electron chi connectivity index (χ2n) is 4.95. The van der Waals surface area contributed by atoms with Crippen LogP contribution >= 0.6 is 0 Å². The maximum atomic E-state index is 13.4. The monoisotopic (exact) mass is 267 g/mol. The average Bonchev–Trinajstić information content (AvgIpc) is 2.31. The molecule has 0 aliphatic heterocycles. The lowest BCUT2D eigenvalue weighted by atomic mass is 10.1. The SMILES string of the molecule is CC(=O)CCc1cc(F)cc(OCCNC(C)C)c1. The molecule has 0 unspecified atom stereocenters. The van der Waals surface area contributed by atoms with Gasteiger partial charge in [-0.3, -0.25) is 0 Å². The number of aryl methyl sites for hydroxylation is 1. The predicted molar refractivity (Wildman–Crippen MR) is 74.0 cm³/mol. The third kappa shape index (κ3) is 6.91. The number of carbonyl (C=O) groups is 1. The highest BCUT2D eigenvalue weighted by Gasteiger charge is 2.04. The maximum Gasteiger partial charge on any atom is 0.130 e. The number of benzene rings is 1. The molecule has 1 aromatic carbocycles. The van der Waals surface area contributed by atoms with Crippen LogP contribution < -0.4 is 10.1 Å². The quantitative estimate of drug-likeness (QED) is 0.736. The van der Waals surface area contributed by atoms with E-state index in [1.165, 1.54) is 19.1 Å². The summed E-state index contributed by atoms with van der Waals surface area (Å²) < 4.78 is 18.9. The maximum absolute atomic E-state index is 13.4. The highest BCUT2D eigenvalue weighted by atomic mass is 19.1. The van der Waals surface area contributed by atoms with E-state index >= 15 is 0 Å². The summed E-state index contributed by atoms with van der Waals surface area (Å²) in [7, 11) is 0. The Morgan fingerprint density at radius 3 is 2.74 bits per heavy atom. The van der Waals surface area contributed by atoms with Crippen LogP contribution in [0.2, 0.25) is 0 Å². The first-order chi connectivity index (χ1) is 8.97. The molecule has 1 rings (SSSR count). The Kier molecular flexibility index (Phi) is 6.50. The highest BCUT2D eigenvalue weighted by Crippen LogP contribution is 2.17. The Morgan fingerprint density at radius 1 is 1.37 bits per heavy atom. The van der Waals surface area contributed by atoms with Gasteiger partial charge in [-0.25, -0.2) is 4.39 Å². The van der Waals surface area contributed by atoms with Crippen molar-refractivity contribution in [3.8, 4) is 5.75 Å². The third-order valence-corrected chi connectivity index (χ3v) is 2.62. The smallest absolute Gasteiger partial charge is 0.130 e. The van der Waals surface area contributed by atoms with Gasteiger partial charge in [-0.2, -0.15) is 0 Å². The number of Topliss-reactive ketones (excluding diaryl/α,β-unsaturated/α-hetero) is 1. The molecule has 106 valence electrons. The summed E-state index contributed by atoms with van der Waals surface area (Å²) in [5.41, 5.74) is 0.794. The van der Waals surface area contributed by atoms with Crippen LogP contribution in [0.1, 0.15) is 32.8 Å². The number of rotatable bonds is 8. The number of ether oxygens (including phenoxy) is 1. The molecule has 0 fully saturated rings. The zero-order valence-corrected chi connectivity index (χ0v) is 11.8. The number of halogens is 1. The molecule has 0 aliphatic rings. The van der Waals surface area contributed by atoms with Gasteiger partial charge in [0, 0.05) is 25.1 Å². The molecule has 3 nitrogen and oxygen atoms in total. The number of nitrogens with one attached hydrogen (secondary N) is 1. The van der Waals surface area contributed by atoms with Gasteiger partial charge in [0.15, 0.2) is 0 Å². The first kappa shape index (κ1) is 15.6. The summed E-state index contributed by atoms with van der Waals surface area (Å²) >= 11 is 0. The molecule has 4 heteroatoms. The first-order valence-corrected chi connectivity index (χ1v) is 6.62. The molecule has 0 spiro atoms. The fraction of sp³-hybridized carbons (Fsp3) is 0.533. The van der Waals surface area contributed by atoms with E-state index in [-0.39, 0.29) is 11.6 Å². The summed E-state index contributed by atoms with van der Waals surface area (Å²) in [6.07, 6.45) is 0.978. The van der Waals surface area contributed by atoms with Crippen LogP contribution in [0.5, 0.6) is 5.75 Å². The second kappa shape index (κ2) is 7.89. The largest absolute Gasteiger partial charge is 0.492 e. The van der Waals surface area contributed by atoms with Gasteiger partial charge in [0.1, 0.15) is 24.0 Å². The van der Waals surface area contributed by atoms with Crippen molar-refractivity contribution in [1.82, 2.24) is 5.32 Å². The van der Waals surface area contributed by atoms with Crippen molar-refractivity contribution in [3.63, 3.8) is 0 Å². The van der Waals surface area contributed by atoms with Gasteiger partial charge in [-0.15, -0.1) is 0 Å². The summed E-state index contributed by atoms with van der Waals surface area (Å²) in [4.78, 5) is 10.9. The van der Waals surface area contributed by atoms with Crippen molar-refractivity contribution in [2.24, 2.45) is 0 Å². The lowest BCUT2D eigenvalue weighted by Gasteiger charge is -2.11. The lowest BCUT2D eigenvalue weighted by molar-refractivity contribution is -0.116. The van der Waals surface area contributed by atoms with E-state index in [0.717, 1.165) is 12.1 Å². The van der Waals surface area contributed by atoms with Crippen LogP contribution in [-0.2, 0) is 11.2 Å². The number of carbonyl (C=O) groups excluding carboxylic acids is 1. The van der Waals surface area contributed by atoms with Crippen LogP contribution in [0.15, 0.2) is 18.2 Å². The van der Waals surface area contributed by atoms with Crippen molar-refractivity contribution in [2.75, 3.05) is 13.2 Å². The van der Waals surface area contributed by atoms with Gasteiger partial charge >= 0.3 is 0 Å². The van der Waals surface area contributed by atoms with Gasteiger partial charge in [-0.05, 0) is 31.0 Å². The Labute approximate surface area is 114 Å². The van der Waals surface area contributed by atoms with Crippen molar-refractivity contribution >= 4 is 5.78 Å². The van der Waals surface area contributed by atoms with E-state index in [1.807, 2.05) is 0 Å². The van der Waals surface area contributed by atoms with Gasteiger partial charge in [-0.1, -0.05) is 13.8 Å². The van der Waals surface area contributed by atoms with Crippen molar-refractivity contribution in [3.05, 3.63) is 29.6 Å². The van der Waals surface area contributed by atoms with Gasteiger partial charge in [0.2, 0.25) is 0 Å². The van der Waals surface area contributed by atoms with E-state index in [1.54, 1.807) is 6.07 Å². The molecule has 1 aromatic rings. The van der Waals surface area contributed by atoms with Crippen LogP contribution in [0.25, 0.3) is 0 Å². The van der Waals surface area contributed by atoms with E-state index in [2.05, 4.69) is 19.2 Å². The molecular formula is C15H22FNO2. The molecule has 0 aromatic heterocycles. The van der Waals surface area contributed by atoms with E-state index in [0.29, 0.717) is 31.2 Å². The zero-order valence-electron chi connectivity index (χ0n) is 11.8. The van der Waals surface area contributed by atoms with Crippen LogP contribution in [0.4, 0.5) is 4.39 Å². The number of hydrogen-bond acceptors (Lipinski definition) is 3. The molecular weight excluding hydrogens is 245 g/mol. The van der Waals surface area contributed by atoms with E-state index in [9.17, 15) is 9.18 Å². The Hall–Kier alpha value is -1.42. The Morgan fingerprint density at radius 2 is 2.11 bits per heavy atom. The molecule has 0 amide bonds. The molecule has 0 heterocycles. The fourth-order valence-electron chi connectivity index (χ4n) is 1.69. The number of ketones is 1. The minimum atomic E-state index is -0.326. The normalized spacial score (nSPS) is 10.8. The molecule has 0 saturated heterocycles. The average molecular weight is 267 g/mol. The standard InChI is InChI=1S/C15H22FNO2/c1-11(2)17-6-7-19-15-9-13(5-4-12(3)18)8-14(16)10-15/h8-11,17H,4-7H2,1-3H3. The highest BCUT2D eigenvalue weighted by molar-refractivity contribution is 5.75.